The fraction of sp³-hybridized carbons (Fsp3) is 0.211. The van der Waals surface area contributed by atoms with Crippen molar-refractivity contribution in [1.82, 2.24) is 9.55 Å². The predicted molar refractivity (Wildman–Crippen MR) is 93.2 cm³/mol. The van der Waals surface area contributed by atoms with Crippen LogP contribution in [0.4, 0.5) is 0 Å². The number of carbonyl (C=O) groups excluding carboxylic acids is 1. The molecule has 0 aliphatic rings. The second kappa shape index (κ2) is 6.37. The zero-order valence-electron chi connectivity index (χ0n) is 13.6. The third-order valence-electron chi connectivity index (χ3n) is 4.12. The summed E-state index contributed by atoms with van der Waals surface area (Å²) in [6.45, 7) is 3.75. The summed E-state index contributed by atoms with van der Waals surface area (Å²) >= 11 is 0. The predicted octanol–water partition coefficient (Wildman–Crippen LogP) is 2.70. The van der Waals surface area contributed by atoms with Gasteiger partial charge in [0.05, 0.1) is 23.9 Å². The van der Waals surface area contributed by atoms with Gasteiger partial charge in [0, 0.05) is 0 Å². The molecule has 0 fully saturated rings. The Kier molecular flexibility index (Phi) is 4.27. The maximum absolute atomic E-state index is 12.6. The fourth-order valence-corrected chi connectivity index (χ4v) is 2.94. The van der Waals surface area contributed by atoms with Gasteiger partial charge < -0.3 is 5.11 Å². The molecule has 0 aliphatic heterocycles. The van der Waals surface area contributed by atoms with Crippen LogP contribution in [-0.4, -0.2) is 27.2 Å². The first-order chi connectivity index (χ1) is 11.5. The lowest BCUT2D eigenvalue weighted by Gasteiger charge is -2.11. The van der Waals surface area contributed by atoms with Gasteiger partial charge in [-0.05, 0) is 48.2 Å². The standard InChI is InChI=1S/C19H18N2O3/c1-12-4-3-5-13(2)18(12)14-6-7-16-15(10-14)19(24)21(11-20-16)17(23)8-9-22/h3-7,10-11,22H,8-9H2,1-2H3. The van der Waals surface area contributed by atoms with Gasteiger partial charge in [-0.1, -0.05) is 24.3 Å². The van der Waals surface area contributed by atoms with Crippen LogP contribution in [0.25, 0.3) is 22.0 Å². The molecule has 122 valence electrons. The highest BCUT2D eigenvalue weighted by Crippen LogP contribution is 2.28. The van der Waals surface area contributed by atoms with Crippen molar-refractivity contribution in [2.45, 2.75) is 20.3 Å². The molecule has 0 aliphatic carbocycles. The first kappa shape index (κ1) is 16.1. The normalized spacial score (nSPS) is 11.0. The Morgan fingerprint density at radius 3 is 2.54 bits per heavy atom. The Balaban J connectivity index is 2.22. The van der Waals surface area contributed by atoms with Gasteiger partial charge in [0.25, 0.3) is 5.56 Å². The number of rotatable bonds is 3. The number of benzene rings is 2. The maximum Gasteiger partial charge on any atom is 0.268 e. The molecule has 0 amide bonds. The van der Waals surface area contributed by atoms with Crippen LogP contribution in [0.15, 0.2) is 47.5 Å². The first-order valence-corrected chi connectivity index (χ1v) is 7.75. The monoisotopic (exact) mass is 322 g/mol. The third-order valence-corrected chi connectivity index (χ3v) is 4.12. The van der Waals surface area contributed by atoms with Gasteiger partial charge in [0.1, 0.15) is 6.33 Å². The van der Waals surface area contributed by atoms with E-state index in [1.54, 1.807) is 12.1 Å². The van der Waals surface area contributed by atoms with Gasteiger partial charge >= 0.3 is 0 Å². The van der Waals surface area contributed by atoms with Crippen LogP contribution in [0.1, 0.15) is 22.3 Å². The highest BCUT2D eigenvalue weighted by molar-refractivity contribution is 5.87. The molecule has 0 atom stereocenters. The molecule has 5 nitrogen and oxygen atoms in total. The lowest BCUT2D eigenvalue weighted by atomic mass is 9.95. The van der Waals surface area contributed by atoms with Crippen molar-refractivity contribution in [3.8, 4) is 11.1 Å². The highest BCUT2D eigenvalue weighted by Gasteiger charge is 2.12. The fourth-order valence-electron chi connectivity index (χ4n) is 2.94. The van der Waals surface area contributed by atoms with Gasteiger partial charge in [-0.3, -0.25) is 9.59 Å². The summed E-state index contributed by atoms with van der Waals surface area (Å²) in [5.41, 5.74) is 4.37. The van der Waals surface area contributed by atoms with Gasteiger partial charge in [-0.25, -0.2) is 9.55 Å². The van der Waals surface area contributed by atoms with Crippen LogP contribution >= 0.6 is 0 Å². The van der Waals surface area contributed by atoms with Gasteiger partial charge in [0.2, 0.25) is 5.91 Å². The van der Waals surface area contributed by atoms with E-state index in [0.29, 0.717) is 10.9 Å². The molecular weight excluding hydrogens is 304 g/mol. The van der Waals surface area contributed by atoms with E-state index in [9.17, 15) is 9.59 Å². The second-order valence-electron chi connectivity index (χ2n) is 5.79. The van der Waals surface area contributed by atoms with E-state index in [-0.39, 0.29) is 13.0 Å². The Hall–Kier alpha value is -2.79. The molecule has 0 radical (unpaired) electrons. The molecular formula is C19H18N2O3. The quantitative estimate of drug-likeness (QED) is 0.805. The van der Waals surface area contributed by atoms with E-state index in [1.807, 2.05) is 38.1 Å². The number of fused-ring (bicyclic) bond motifs is 1. The largest absolute Gasteiger partial charge is 0.396 e. The van der Waals surface area contributed by atoms with Crippen molar-refractivity contribution in [3.05, 3.63) is 64.2 Å². The molecule has 0 unspecified atom stereocenters. The minimum atomic E-state index is -0.464. The van der Waals surface area contributed by atoms with Crippen LogP contribution in [-0.2, 0) is 0 Å². The lowest BCUT2D eigenvalue weighted by molar-refractivity contribution is 0.0870. The molecule has 3 aromatic rings. The molecule has 0 spiro atoms. The molecule has 1 heterocycles. The molecule has 5 heteroatoms. The van der Waals surface area contributed by atoms with Gasteiger partial charge in [-0.2, -0.15) is 0 Å². The molecule has 0 saturated heterocycles. The van der Waals surface area contributed by atoms with Crippen molar-refractivity contribution in [2.24, 2.45) is 0 Å². The number of aliphatic hydroxyl groups is 1. The molecule has 0 bridgehead atoms. The van der Waals surface area contributed by atoms with Gasteiger partial charge in [0.15, 0.2) is 0 Å². The molecule has 1 N–H and O–H groups in total. The Labute approximate surface area is 139 Å². The summed E-state index contributed by atoms with van der Waals surface area (Å²) in [5.74, 6) is -0.464. The zero-order chi connectivity index (χ0) is 17.3. The van der Waals surface area contributed by atoms with Crippen LogP contribution in [0.2, 0.25) is 0 Å². The van der Waals surface area contributed by atoms with Crippen molar-refractivity contribution in [3.63, 3.8) is 0 Å². The van der Waals surface area contributed by atoms with E-state index in [1.165, 1.54) is 6.33 Å². The van der Waals surface area contributed by atoms with E-state index < -0.39 is 11.5 Å². The smallest absolute Gasteiger partial charge is 0.268 e. The lowest BCUT2D eigenvalue weighted by Crippen LogP contribution is -2.27. The first-order valence-electron chi connectivity index (χ1n) is 7.75. The Morgan fingerprint density at radius 2 is 1.88 bits per heavy atom. The summed E-state index contributed by atoms with van der Waals surface area (Å²) in [4.78, 5) is 28.7. The van der Waals surface area contributed by atoms with Crippen LogP contribution < -0.4 is 5.56 Å². The number of aromatic nitrogens is 2. The van der Waals surface area contributed by atoms with Crippen LogP contribution in [0, 0.1) is 13.8 Å². The number of hydrogen-bond acceptors (Lipinski definition) is 4. The average molecular weight is 322 g/mol. The van der Waals surface area contributed by atoms with Crippen molar-refractivity contribution in [2.75, 3.05) is 6.61 Å². The summed E-state index contributed by atoms with van der Waals surface area (Å²) in [6.07, 6.45) is 1.12. The highest BCUT2D eigenvalue weighted by atomic mass is 16.3. The van der Waals surface area contributed by atoms with Crippen molar-refractivity contribution in [1.29, 1.82) is 0 Å². The number of nitrogens with zero attached hydrogens (tertiary/aromatic N) is 2. The third kappa shape index (κ3) is 2.74. The zero-order valence-corrected chi connectivity index (χ0v) is 13.6. The minimum absolute atomic E-state index is 0.107. The minimum Gasteiger partial charge on any atom is -0.396 e. The number of carbonyl (C=O) groups is 1. The summed E-state index contributed by atoms with van der Waals surface area (Å²) < 4.78 is 0.965. The van der Waals surface area contributed by atoms with Crippen LogP contribution in [0.3, 0.4) is 0 Å². The topological polar surface area (TPSA) is 72.2 Å². The SMILES string of the molecule is Cc1cccc(C)c1-c1ccc2ncn(C(=O)CCO)c(=O)c2c1. The van der Waals surface area contributed by atoms with E-state index in [0.717, 1.165) is 26.8 Å². The van der Waals surface area contributed by atoms with E-state index >= 15 is 0 Å². The summed E-state index contributed by atoms with van der Waals surface area (Å²) in [5, 5.41) is 9.29. The Bertz CT molecular complexity index is 969. The maximum atomic E-state index is 12.6. The molecule has 2 aromatic carbocycles. The van der Waals surface area contributed by atoms with Crippen molar-refractivity contribution < 1.29 is 9.90 Å². The molecule has 0 saturated carbocycles. The molecule has 3 rings (SSSR count). The Morgan fingerprint density at radius 1 is 1.17 bits per heavy atom. The summed E-state index contributed by atoms with van der Waals surface area (Å²) in [7, 11) is 0. The molecule has 1 aromatic heterocycles. The van der Waals surface area contributed by atoms with Crippen molar-refractivity contribution >= 4 is 16.8 Å². The number of hydrogen-bond donors (Lipinski definition) is 1. The van der Waals surface area contributed by atoms with Gasteiger partial charge in [-0.15, -0.1) is 0 Å². The average Bonchev–Trinajstić information content (AvgIpc) is 2.55. The second-order valence-corrected chi connectivity index (χ2v) is 5.79. The van der Waals surface area contributed by atoms with E-state index in [2.05, 4.69) is 4.98 Å². The van der Waals surface area contributed by atoms with E-state index in [4.69, 9.17) is 5.11 Å². The molecule has 24 heavy (non-hydrogen) atoms. The van der Waals surface area contributed by atoms with Crippen LogP contribution in [0.5, 0.6) is 0 Å². The number of aryl methyl sites for hydroxylation is 2. The summed E-state index contributed by atoms with van der Waals surface area (Å²) in [6, 6.07) is 11.6. The number of aliphatic hydroxyl groups excluding tert-OH is 1.